The fourth-order valence-electron chi connectivity index (χ4n) is 4.63. The molecule has 0 saturated heterocycles. The van der Waals surface area contributed by atoms with Gasteiger partial charge in [-0.15, -0.1) is 11.3 Å². The second-order valence-electron chi connectivity index (χ2n) is 8.11. The van der Waals surface area contributed by atoms with Crippen molar-refractivity contribution in [3.63, 3.8) is 0 Å². The molecule has 0 radical (unpaired) electrons. The fraction of sp³-hybridized carbons (Fsp3) is 0.154. The van der Waals surface area contributed by atoms with Gasteiger partial charge in [0.15, 0.2) is 0 Å². The van der Waals surface area contributed by atoms with Crippen LogP contribution in [0.15, 0.2) is 60.7 Å². The van der Waals surface area contributed by atoms with Crippen molar-refractivity contribution in [3.05, 3.63) is 76.7 Å². The first kappa shape index (κ1) is 16.1. The van der Waals surface area contributed by atoms with Gasteiger partial charge in [-0.25, -0.2) is 0 Å². The van der Waals surface area contributed by atoms with E-state index in [1.807, 2.05) is 11.3 Å². The lowest BCUT2D eigenvalue weighted by Crippen LogP contribution is -2.00. The van der Waals surface area contributed by atoms with E-state index in [1.54, 1.807) is 0 Å². The van der Waals surface area contributed by atoms with Gasteiger partial charge in [-0.05, 0) is 77.2 Å². The van der Waals surface area contributed by atoms with Gasteiger partial charge >= 0.3 is 0 Å². The highest BCUT2D eigenvalue weighted by Gasteiger charge is 2.19. The summed E-state index contributed by atoms with van der Waals surface area (Å²) in [5, 5.41) is 4.05. The number of nitrogens with one attached hydrogen (secondary N) is 1. The minimum Gasteiger partial charge on any atom is -0.355 e. The first-order valence-corrected chi connectivity index (χ1v) is 10.7. The highest BCUT2D eigenvalue weighted by atomic mass is 32.1. The van der Waals surface area contributed by atoms with E-state index in [-0.39, 0.29) is 0 Å². The van der Waals surface area contributed by atoms with Crippen molar-refractivity contribution in [2.24, 2.45) is 5.92 Å². The molecule has 1 aliphatic carbocycles. The first-order valence-electron chi connectivity index (χ1n) is 9.92. The molecule has 1 aliphatic rings. The Balaban J connectivity index is 1.64. The topological polar surface area (TPSA) is 15.8 Å². The molecule has 1 unspecified atom stereocenters. The quantitative estimate of drug-likeness (QED) is 0.307. The number of H-pyrrole nitrogens is 1. The van der Waals surface area contributed by atoms with Crippen molar-refractivity contribution in [3.8, 4) is 11.1 Å². The summed E-state index contributed by atoms with van der Waals surface area (Å²) in [6, 6.07) is 20.2. The van der Waals surface area contributed by atoms with Crippen LogP contribution in [-0.2, 0) is 6.42 Å². The summed E-state index contributed by atoms with van der Waals surface area (Å²) in [7, 11) is 0. The van der Waals surface area contributed by atoms with Crippen molar-refractivity contribution in [1.29, 1.82) is 0 Å². The fourth-order valence-corrected chi connectivity index (χ4v) is 5.89. The standard InChI is InChI=1S/C26H21NS/c1-15-7-10-25-21(11-15)22-13-16(2)12-19(26(22)28-25)17-8-9-24-20(14-17)18-5-3-4-6-23(18)27-24/h3-10,12-15,27H,11H2,1-2H3. The average molecular weight is 380 g/mol. The Kier molecular flexibility index (Phi) is 3.36. The lowest BCUT2D eigenvalue weighted by molar-refractivity contribution is 0.724. The first-order chi connectivity index (χ1) is 13.7. The molecule has 0 fully saturated rings. The molecule has 0 saturated carbocycles. The Bertz CT molecular complexity index is 1410. The maximum atomic E-state index is 3.54. The van der Waals surface area contributed by atoms with Crippen LogP contribution in [0.3, 0.4) is 0 Å². The van der Waals surface area contributed by atoms with E-state index < -0.39 is 0 Å². The Morgan fingerprint density at radius 3 is 2.71 bits per heavy atom. The highest BCUT2D eigenvalue weighted by molar-refractivity contribution is 7.20. The summed E-state index contributed by atoms with van der Waals surface area (Å²) in [6.07, 6.45) is 5.83. The Morgan fingerprint density at radius 2 is 1.79 bits per heavy atom. The number of thiophene rings is 1. The predicted molar refractivity (Wildman–Crippen MR) is 123 cm³/mol. The molecular formula is C26H21NS. The zero-order valence-electron chi connectivity index (χ0n) is 16.0. The summed E-state index contributed by atoms with van der Waals surface area (Å²) in [6.45, 7) is 4.53. The molecule has 2 aromatic heterocycles. The summed E-state index contributed by atoms with van der Waals surface area (Å²) in [5.41, 5.74) is 7.95. The van der Waals surface area contributed by atoms with Gasteiger partial charge in [-0.1, -0.05) is 43.3 Å². The summed E-state index contributed by atoms with van der Waals surface area (Å²) < 4.78 is 1.42. The lowest BCUT2D eigenvalue weighted by Gasteiger charge is -2.12. The number of fused-ring (bicyclic) bond motifs is 6. The Hall–Kier alpha value is -2.84. The van der Waals surface area contributed by atoms with Gasteiger partial charge in [-0.3, -0.25) is 0 Å². The predicted octanol–water partition coefficient (Wildman–Crippen LogP) is 7.72. The number of allylic oxidation sites excluding steroid dienone is 1. The molecule has 1 nitrogen and oxygen atoms in total. The number of benzene rings is 3. The number of para-hydroxylation sites is 1. The van der Waals surface area contributed by atoms with E-state index in [2.05, 4.69) is 85.6 Å². The normalized spacial score (nSPS) is 16.3. The van der Waals surface area contributed by atoms with Crippen LogP contribution in [0.1, 0.15) is 22.9 Å². The van der Waals surface area contributed by atoms with Gasteiger partial charge in [0.2, 0.25) is 0 Å². The van der Waals surface area contributed by atoms with E-state index in [4.69, 9.17) is 0 Å². The molecule has 136 valence electrons. The largest absolute Gasteiger partial charge is 0.355 e. The second kappa shape index (κ2) is 5.83. The molecule has 0 bridgehead atoms. The third-order valence-corrected chi connectivity index (χ3v) is 7.23. The lowest BCUT2D eigenvalue weighted by atomic mass is 9.91. The molecule has 1 atom stereocenters. The van der Waals surface area contributed by atoms with Crippen molar-refractivity contribution in [2.75, 3.05) is 0 Å². The van der Waals surface area contributed by atoms with Crippen molar-refractivity contribution >= 4 is 49.3 Å². The molecular weight excluding hydrogens is 358 g/mol. The summed E-state index contributed by atoms with van der Waals surface area (Å²) in [4.78, 5) is 4.98. The monoisotopic (exact) mass is 379 g/mol. The van der Waals surface area contributed by atoms with Crippen LogP contribution in [0.2, 0.25) is 0 Å². The van der Waals surface area contributed by atoms with Crippen LogP contribution in [0.4, 0.5) is 0 Å². The van der Waals surface area contributed by atoms with E-state index in [0.29, 0.717) is 5.92 Å². The van der Waals surface area contributed by atoms with E-state index in [9.17, 15) is 0 Å². The van der Waals surface area contributed by atoms with E-state index in [1.165, 1.54) is 59.0 Å². The molecule has 2 heterocycles. The SMILES string of the molecule is Cc1cc(-c2ccc3[nH]c4ccccc4c3c2)c2sc3c(c2c1)CC(C)C=C3. The van der Waals surface area contributed by atoms with Crippen LogP contribution in [-0.4, -0.2) is 4.98 Å². The highest BCUT2D eigenvalue weighted by Crippen LogP contribution is 2.43. The molecule has 5 aromatic rings. The van der Waals surface area contributed by atoms with Gasteiger partial charge < -0.3 is 4.98 Å². The van der Waals surface area contributed by atoms with Crippen molar-refractivity contribution in [2.45, 2.75) is 20.3 Å². The molecule has 28 heavy (non-hydrogen) atoms. The van der Waals surface area contributed by atoms with Gasteiger partial charge in [0, 0.05) is 31.4 Å². The van der Waals surface area contributed by atoms with E-state index >= 15 is 0 Å². The van der Waals surface area contributed by atoms with Crippen molar-refractivity contribution in [1.82, 2.24) is 4.98 Å². The summed E-state index contributed by atoms with van der Waals surface area (Å²) in [5.74, 6) is 0.622. The number of aryl methyl sites for hydroxylation is 1. The maximum absolute atomic E-state index is 3.54. The number of aromatic nitrogens is 1. The van der Waals surface area contributed by atoms with Crippen LogP contribution in [0, 0.1) is 12.8 Å². The van der Waals surface area contributed by atoms with Crippen LogP contribution in [0.25, 0.3) is 49.1 Å². The maximum Gasteiger partial charge on any atom is 0.0465 e. The van der Waals surface area contributed by atoms with Crippen LogP contribution < -0.4 is 0 Å². The smallest absolute Gasteiger partial charge is 0.0465 e. The number of hydrogen-bond acceptors (Lipinski definition) is 1. The number of hydrogen-bond donors (Lipinski definition) is 1. The number of aromatic amines is 1. The Labute approximate surface area is 168 Å². The minimum absolute atomic E-state index is 0.622. The minimum atomic E-state index is 0.622. The average Bonchev–Trinajstić information content (AvgIpc) is 3.25. The zero-order valence-corrected chi connectivity index (χ0v) is 16.9. The van der Waals surface area contributed by atoms with Crippen LogP contribution >= 0.6 is 11.3 Å². The Morgan fingerprint density at radius 1 is 0.929 bits per heavy atom. The molecule has 0 amide bonds. The molecule has 0 aliphatic heterocycles. The third kappa shape index (κ3) is 2.31. The third-order valence-electron chi connectivity index (χ3n) is 5.99. The number of rotatable bonds is 1. The van der Waals surface area contributed by atoms with Crippen molar-refractivity contribution < 1.29 is 0 Å². The van der Waals surface area contributed by atoms with E-state index in [0.717, 1.165) is 6.42 Å². The van der Waals surface area contributed by atoms with Gasteiger partial charge in [0.05, 0.1) is 0 Å². The van der Waals surface area contributed by atoms with Gasteiger partial charge in [0.1, 0.15) is 0 Å². The second-order valence-corrected chi connectivity index (χ2v) is 9.16. The zero-order chi connectivity index (χ0) is 18.8. The molecule has 2 heteroatoms. The van der Waals surface area contributed by atoms with Crippen LogP contribution in [0.5, 0.6) is 0 Å². The van der Waals surface area contributed by atoms with Gasteiger partial charge in [0.25, 0.3) is 0 Å². The molecule has 6 rings (SSSR count). The van der Waals surface area contributed by atoms with Gasteiger partial charge in [-0.2, -0.15) is 0 Å². The molecule has 1 N–H and O–H groups in total. The molecule has 0 spiro atoms. The summed E-state index contributed by atoms with van der Waals surface area (Å²) >= 11 is 1.95. The molecule has 3 aromatic carbocycles.